The third-order valence-electron chi connectivity index (χ3n) is 2.84. The standard InChI is InChI=1S/C15H21N3O3S/c1-21-14(20)5-3-2-4-10-16-15(22)18-17-11-12-6-8-13(19)9-7-12/h6-9,11,19H,2-5,10H2,1H3,(H2,16,18,22)/b17-11+. The van der Waals surface area contributed by atoms with Crippen LogP contribution in [0.25, 0.3) is 0 Å². The van der Waals surface area contributed by atoms with Crippen molar-refractivity contribution in [3.63, 3.8) is 0 Å². The average molecular weight is 323 g/mol. The molecule has 6 nitrogen and oxygen atoms in total. The van der Waals surface area contributed by atoms with Gasteiger partial charge in [0.1, 0.15) is 5.75 Å². The number of aromatic hydroxyl groups is 1. The van der Waals surface area contributed by atoms with E-state index in [-0.39, 0.29) is 11.7 Å². The van der Waals surface area contributed by atoms with Crippen molar-refractivity contribution in [3.8, 4) is 5.75 Å². The number of benzene rings is 1. The smallest absolute Gasteiger partial charge is 0.305 e. The second-order valence-electron chi connectivity index (χ2n) is 4.60. The summed E-state index contributed by atoms with van der Waals surface area (Å²) in [6, 6.07) is 6.68. The van der Waals surface area contributed by atoms with E-state index in [0.717, 1.165) is 31.4 Å². The molecule has 22 heavy (non-hydrogen) atoms. The summed E-state index contributed by atoms with van der Waals surface area (Å²) in [6.07, 6.45) is 4.73. The molecule has 0 aliphatic heterocycles. The van der Waals surface area contributed by atoms with Gasteiger partial charge in [0.25, 0.3) is 0 Å². The molecule has 1 aromatic carbocycles. The van der Waals surface area contributed by atoms with Crippen molar-refractivity contribution in [1.29, 1.82) is 0 Å². The Morgan fingerprint density at radius 1 is 1.32 bits per heavy atom. The largest absolute Gasteiger partial charge is 0.508 e. The fourth-order valence-electron chi connectivity index (χ4n) is 1.64. The Hall–Kier alpha value is -2.15. The zero-order valence-electron chi connectivity index (χ0n) is 12.5. The molecule has 1 aromatic rings. The SMILES string of the molecule is COC(=O)CCCCCNC(=S)N/N=C/c1ccc(O)cc1. The Balaban J connectivity index is 2.08. The van der Waals surface area contributed by atoms with Crippen LogP contribution in [0.5, 0.6) is 5.75 Å². The lowest BCUT2D eigenvalue weighted by Crippen LogP contribution is -2.32. The highest BCUT2D eigenvalue weighted by atomic mass is 32.1. The molecule has 3 N–H and O–H groups in total. The van der Waals surface area contributed by atoms with Gasteiger partial charge in [-0.05, 0) is 54.9 Å². The van der Waals surface area contributed by atoms with E-state index >= 15 is 0 Å². The number of hydrogen-bond donors (Lipinski definition) is 3. The van der Waals surface area contributed by atoms with Gasteiger partial charge in [-0.25, -0.2) is 0 Å². The molecule has 0 bridgehead atoms. The van der Waals surface area contributed by atoms with Crippen molar-refractivity contribution in [2.24, 2.45) is 5.10 Å². The highest BCUT2D eigenvalue weighted by Gasteiger charge is 1.99. The maximum Gasteiger partial charge on any atom is 0.305 e. The first-order valence-corrected chi connectivity index (χ1v) is 7.45. The predicted molar refractivity (Wildman–Crippen MR) is 89.9 cm³/mol. The van der Waals surface area contributed by atoms with Crippen LogP contribution >= 0.6 is 12.2 Å². The number of phenolic OH excluding ortho intramolecular Hbond substituents is 1. The minimum atomic E-state index is -0.172. The molecule has 0 heterocycles. The molecular weight excluding hydrogens is 302 g/mol. The number of ether oxygens (including phenoxy) is 1. The fraction of sp³-hybridized carbons (Fsp3) is 0.400. The molecule has 120 valence electrons. The summed E-state index contributed by atoms with van der Waals surface area (Å²) in [5, 5.41) is 16.6. The van der Waals surface area contributed by atoms with Crippen LogP contribution in [0.2, 0.25) is 0 Å². The minimum Gasteiger partial charge on any atom is -0.508 e. The van der Waals surface area contributed by atoms with E-state index < -0.39 is 0 Å². The molecule has 7 heteroatoms. The third kappa shape index (κ3) is 8.21. The number of esters is 1. The van der Waals surface area contributed by atoms with Crippen LogP contribution in [-0.4, -0.2) is 36.1 Å². The predicted octanol–water partition coefficient (Wildman–Crippen LogP) is 1.92. The first-order chi connectivity index (χ1) is 10.6. The van der Waals surface area contributed by atoms with Crippen molar-refractivity contribution in [1.82, 2.24) is 10.7 Å². The van der Waals surface area contributed by atoms with Gasteiger partial charge in [0.05, 0.1) is 13.3 Å². The Labute approximate surface area is 135 Å². The topological polar surface area (TPSA) is 83.0 Å². The lowest BCUT2D eigenvalue weighted by Gasteiger charge is -2.06. The van der Waals surface area contributed by atoms with Gasteiger partial charge in [-0.15, -0.1) is 0 Å². The van der Waals surface area contributed by atoms with Crippen LogP contribution in [0.3, 0.4) is 0 Å². The number of hydrogen-bond acceptors (Lipinski definition) is 5. The van der Waals surface area contributed by atoms with Gasteiger partial charge >= 0.3 is 5.97 Å². The van der Waals surface area contributed by atoms with Gasteiger partial charge < -0.3 is 15.2 Å². The molecule has 0 saturated heterocycles. The van der Waals surface area contributed by atoms with Crippen LogP contribution in [0, 0.1) is 0 Å². The molecule has 0 aliphatic rings. The van der Waals surface area contributed by atoms with Crippen LogP contribution in [0.1, 0.15) is 31.2 Å². The number of carbonyl (C=O) groups excluding carboxylic acids is 1. The summed E-state index contributed by atoms with van der Waals surface area (Å²) in [4.78, 5) is 10.9. The molecule has 0 amide bonds. The van der Waals surface area contributed by atoms with E-state index in [1.807, 2.05) is 0 Å². The Morgan fingerprint density at radius 2 is 2.05 bits per heavy atom. The zero-order valence-corrected chi connectivity index (χ0v) is 13.4. The van der Waals surface area contributed by atoms with E-state index in [0.29, 0.717) is 11.5 Å². The van der Waals surface area contributed by atoms with Crippen molar-refractivity contribution < 1.29 is 14.6 Å². The van der Waals surface area contributed by atoms with E-state index in [1.54, 1.807) is 30.5 Å². The lowest BCUT2D eigenvalue weighted by molar-refractivity contribution is -0.140. The highest BCUT2D eigenvalue weighted by molar-refractivity contribution is 7.80. The van der Waals surface area contributed by atoms with Crippen LogP contribution < -0.4 is 10.7 Å². The summed E-state index contributed by atoms with van der Waals surface area (Å²) in [5.41, 5.74) is 3.57. The van der Waals surface area contributed by atoms with Crippen molar-refractivity contribution >= 4 is 29.5 Å². The van der Waals surface area contributed by atoms with Gasteiger partial charge in [0, 0.05) is 13.0 Å². The Kier molecular flexibility index (Phi) is 8.59. The molecular formula is C15H21N3O3S. The van der Waals surface area contributed by atoms with Crippen LogP contribution in [0.15, 0.2) is 29.4 Å². The number of rotatable bonds is 8. The molecule has 0 atom stereocenters. The van der Waals surface area contributed by atoms with E-state index in [4.69, 9.17) is 17.3 Å². The molecule has 0 radical (unpaired) electrons. The molecule has 0 saturated carbocycles. The number of nitrogens with zero attached hydrogens (tertiary/aromatic N) is 1. The number of thiocarbonyl (C=S) groups is 1. The molecule has 0 aliphatic carbocycles. The van der Waals surface area contributed by atoms with Gasteiger partial charge in [0.15, 0.2) is 5.11 Å². The number of carbonyl (C=O) groups is 1. The monoisotopic (exact) mass is 323 g/mol. The highest BCUT2D eigenvalue weighted by Crippen LogP contribution is 2.07. The van der Waals surface area contributed by atoms with Crippen molar-refractivity contribution in [3.05, 3.63) is 29.8 Å². The van der Waals surface area contributed by atoms with E-state index in [1.165, 1.54) is 7.11 Å². The summed E-state index contributed by atoms with van der Waals surface area (Å²) >= 11 is 5.08. The second-order valence-corrected chi connectivity index (χ2v) is 5.01. The molecule has 0 unspecified atom stereocenters. The number of phenols is 1. The van der Waals surface area contributed by atoms with E-state index in [2.05, 4.69) is 20.6 Å². The summed E-state index contributed by atoms with van der Waals surface area (Å²) in [7, 11) is 1.40. The second kappa shape index (κ2) is 10.6. The maximum absolute atomic E-state index is 10.9. The number of unbranched alkanes of at least 4 members (excludes halogenated alkanes) is 2. The maximum atomic E-state index is 10.9. The van der Waals surface area contributed by atoms with Crippen LogP contribution in [-0.2, 0) is 9.53 Å². The van der Waals surface area contributed by atoms with Gasteiger partial charge in [-0.1, -0.05) is 6.42 Å². The fourth-order valence-corrected chi connectivity index (χ4v) is 1.80. The Morgan fingerprint density at radius 3 is 2.73 bits per heavy atom. The quantitative estimate of drug-likeness (QED) is 0.223. The normalized spacial score (nSPS) is 10.4. The summed E-state index contributed by atoms with van der Waals surface area (Å²) < 4.78 is 4.57. The molecule has 0 spiro atoms. The summed E-state index contributed by atoms with van der Waals surface area (Å²) in [6.45, 7) is 0.724. The number of methoxy groups -OCH3 is 1. The van der Waals surface area contributed by atoms with Crippen molar-refractivity contribution in [2.45, 2.75) is 25.7 Å². The Bertz CT molecular complexity index is 503. The first-order valence-electron chi connectivity index (χ1n) is 7.04. The van der Waals surface area contributed by atoms with Crippen molar-refractivity contribution in [2.75, 3.05) is 13.7 Å². The van der Waals surface area contributed by atoms with Gasteiger partial charge in [0.2, 0.25) is 0 Å². The minimum absolute atomic E-state index is 0.172. The third-order valence-corrected chi connectivity index (χ3v) is 3.08. The molecule has 1 rings (SSSR count). The number of hydrazone groups is 1. The molecule has 0 aromatic heterocycles. The van der Waals surface area contributed by atoms with Gasteiger partial charge in [-0.3, -0.25) is 10.2 Å². The first kappa shape index (κ1) is 17.9. The lowest BCUT2D eigenvalue weighted by atomic mass is 10.2. The summed E-state index contributed by atoms with van der Waals surface area (Å²) in [5.74, 6) is 0.0446. The molecule has 0 fully saturated rings. The van der Waals surface area contributed by atoms with Crippen LogP contribution in [0.4, 0.5) is 0 Å². The number of nitrogens with one attached hydrogen (secondary N) is 2. The average Bonchev–Trinajstić information content (AvgIpc) is 2.52. The van der Waals surface area contributed by atoms with E-state index in [9.17, 15) is 4.79 Å². The van der Waals surface area contributed by atoms with Gasteiger partial charge in [-0.2, -0.15) is 5.10 Å². The zero-order chi connectivity index (χ0) is 16.2.